The number of tetrazole rings is 1. The SMILES string of the molecule is O=c1n(Cc2ccc(Cl)cc2-n2cncn2)nnn1C1CCC1. The first-order chi connectivity index (χ1) is 11.2. The first-order valence-electron chi connectivity index (χ1n) is 7.38. The Labute approximate surface area is 136 Å². The minimum Gasteiger partial charge on any atom is -0.244 e. The molecule has 1 aliphatic rings. The predicted octanol–water partition coefficient (Wildman–Crippen LogP) is 1.45. The van der Waals surface area contributed by atoms with Gasteiger partial charge in [0.1, 0.15) is 12.7 Å². The highest BCUT2D eigenvalue weighted by Crippen LogP contribution is 2.29. The molecule has 118 valence electrons. The van der Waals surface area contributed by atoms with Crippen LogP contribution in [0.1, 0.15) is 30.9 Å². The Kier molecular flexibility index (Phi) is 3.45. The van der Waals surface area contributed by atoms with Crippen molar-refractivity contribution in [3.63, 3.8) is 0 Å². The van der Waals surface area contributed by atoms with E-state index in [9.17, 15) is 4.79 Å². The summed E-state index contributed by atoms with van der Waals surface area (Å²) in [5.41, 5.74) is 1.44. The Morgan fingerprint density at radius 1 is 1.26 bits per heavy atom. The van der Waals surface area contributed by atoms with Crippen LogP contribution in [0, 0.1) is 0 Å². The van der Waals surface area contributed by atoms with Gasteiger partial charge in [0.15, 0.2) is 0 Å². The number of aromatic nitrogens is 7. The molecule has 0 bridgehead atoms. The van der Waals surface area contributed by atoms with Crippen LogP contribution >= 0.6 is 11.6 Å². The number of rotatable bonds is 4. The van der Waals surface area contributed by atoms with Crippen LogP contribution in [0.25, 0.3) is 5.69 Å². The van der Waals surface area contributed by atoms with Crippen molar-refractivity contribution in [1.82, 2.24) is 34.6 Å². The molecular formula is C14H14ClN7O. The Morgan fingerprint density at radius 2 is 2.13 bits per heavy atom. The van der Waals surface area contributed by atoms with Gasteiger partial charge in [0.05, 0.1) is 18.3 Å². The Bertz CT molecular complexity index is 879. The number of benzene rings is 1. The maximum Gasteiger partial charge on any atom is 0.364 e. The van der Waals surface area contributed by atoms with Gasteiger partial charge < -0.3 is 0 Å². The molecule has 1 aliphatic carbocycles. The summed E-state index contributed by atoms with van der Waals surface area (Å²) in [6, 6.07) is 5.61. The molecule has 0 spiro atoms. The van der Waals surface area contributed by atoms with Gasteiger partial charge in [-0.15, -0.1) is 0 Å². The number of nitrogens with zero attached hydrogens (tertiary/aromatic N) is 7. The summed E-state index contributed by atoms with van der Waals surface area (Å²) in [5, 5.41) is 12.7. The summed E-state index contributed by atoms with van der Waals surface area (Å²) in [4.78, 5) is 16.4. The lowest BCUT2D eigenvalue weighted by Gasteiger charge is -2.23. The van der Waals surface area contributed by atoms with Crippen molar-refractivity contribution in [3.8, 4) is 5.69 Å². The second-order valence-corrected chi connectivity index (χ2v) is 6.00. The van der Waals surface area contributed by atoms with Gasteiger partial charge in [-0.1, -0.05) is 17.7 Å². The van der Waals surface area contributed by atoms with Gasteiger partial charge in [-0.25, -0.2) is 14.5 Å². The van der Waals surface area contributed by atoms with Gasteiger partial charge in [0.25, 0.3) is 0 Å². The van der Waals surface area contributed by atoms with E-state index in [1.165, 1.54) is 15.7 Å². The van der Waals surface area contributed by atoms with E-state index in [-0.39, 0.29) is 11.7 Å². The topological polar surface area (TPSA) is 83.4 Å². The standard InChI is InChI=1S/C14H14ClN7O/c15-11-5-4-10(13(6-11)21-9-16-8-17-21)7-20-14(23)22(19-18-20)12-2-1-3-12/h4-6,8-9,12H,1-3,7H2. The van der Waals surface area contributed by atoms with Gasteiger partial charge in [0.2, 0.25) is 0 Å². The Morgan fingerprint density at radius 3 is 2.83 bits per heavy atom. The molecule has 23 heavy (non-hydrogen) atoms. The van der Waals surface area contributed by atoms with Crippen LogP contribution in [-0.2, 0) is 6.54 Å². The van der Waals surface area contributed by atoms with E-state index in [2.05, 4.69) is 20.5 Å². The highest BCUT2D eigenvalue weighted by Gasteiger charge is 2.24. The summed E-state index contributed by atoms with van der Waals surface area (Å²) >= 11 is 6.08. The fourth-order valence-corrected chi connectivity index (χ4v) is 2.79. The molecule has 0 N–H and O–H groups in total. The van der Waals surface area contributed by atoms with E-state index in [0.717, 1.165) is 30.5 Å². The molecule has 0 amide bonds. The molecular weight excluding hydrogens is 318 g/mol. The summed E-state index contributed by atoms with van der Waals surface area (Å²) < 4.78 is 4.46. The van der Waals surface area contributed by atoms with Crippen molar-refractivity contribution in [2.24, 2.45) is 0 Å². The summed E-state index contributed by atoms with van der Waals surface area (Å²) in [5.74, 6) is 0. The molecule has 2 aromatic heterocycles. The van der Waals surface area contributed by atoms with Crippen LogP contribution in [0.5, 0.6) is 0 Å². The molecule has 0 aliphatic heterocycles. The predicted molar refractivity (Wildman–Crippen MR) is 82.6 cm³/mol. The zero-order chi connectivity index (χ0) is 15.8. The van der Waals surface area contributed by atoms with Crippen molar-refractivity contribution in [2.45, 2.75) is 31.8 Å². The van der Waals surface area contributed by atoms with Crippen LogP contribution in [0.15, 0.2) is 35.6 Å². The van der Waals surface area contributed by atoms with Crippen LogP contribution in [0.3, 0.4) is 0 Å². The van der Waals surface area contributed by atoms with Gasteiger partial charge in [0, 0.05) is 5.02 Å². The third-order valence-electron chi connectivity index (χ3n) is 4.11. The Hall–Kier alpha value is -2.48. The molecule has 0 saturated heterocycles. The molecule has 0 unspecified atom stereocenters. The lowest BCUT2D eigenvalue weighted by molar-refractivity contribution is 0.277. The third-order valence-corrected chi connectivity index (χ3v) is 4.35. The van der Waals surface area contributed by atoms with Crippen LogP contribution in [0.4, 0.5) is 0 Å². The minimum absolute atomic E-state index is 0.186. The Balaban J connectivity index is 1.70. The zero-order valence-corrected chi connectivity index (χ0v) is 13.0. The number of halogens is 1. The largest absolute Gasteiger partial charge is 0.364 e. The quantitative estimate of drug-likeness (QED) is 0.722. The van der Waals surface area contributed by atoms with E-state index in [1.54, 1.807) is 23.1 Å². The van der Waals surface area contributed by atoms with E-state index in [0.29, 0.717) is 11.6 Å². The molecule has 2 heterocycles. The smallest absolute Gasteiger partial charge is 0.244 e. The maximum absolute atomic E-state index is 12.4. The summed E-state index contributed by atoms with van der Waals surface area (Å²) in [7, 11) is 0. The molecule has 0 radical (unpaired) electrons. The average molecular weight is 332 g/mol. The third kappa shape index (κ3) is 2.55. The number of hydrogen-bond donors (Lipinski definition) is 0. The number of hydrogen-bond acceptors (Lipinski definition) is 5. The van der Waals surface area contributed by atoms with Crippen molar-refractivity contribution in [1.29, 1.82) is 0 Å². The first kappa shape index (κ1) is 14.1. The molecule has 1 saturated carbocycles. The van der Waals surface area contributed by atoms with E-state index in [4.69, 9.17) is 11.6 Å². The van der Waals surface area contributed by atoms with Crippen LogP contribution < -0.4 is 5.69 Å². The van der Waals surface area contributed by atoms with Crippen molar-refractivity contribution < 1.29 is 0 Å². The maximum atomic E-state index is 12.4. The van der Waals surface area contributed by atoms with Gasteiger partial charge in [-0.3, -0.25) is 0 Å². The molecule has 8 nitrogen and oxygen atoms in total. The van der Waals surface area contributed by atoms with Gasteiger partial charge >= 0.3 is 5.69 Å². The van der Waals surface area contributed by atoms with Crippen molar-refractivity contribution in [2.75, 3.05) is 0 Å². The summed E-state index contributed by atoms with van der Waals surface area (Å²) in [6.45, 7) is 0.303. The summed E-state index contributed by atoms with van der Waals surface area (Å²) in [6.07, 6.45) is 6.15. The lowest BCUT2D eigenvalue weighted by atomic mass is 9.93. The normalized spacial score (nSPS) is 14.8. The van der Waals surface area contributed by atoms with Crippen molar-refractivity contribution in [3.05, 3.63) is 51.9 Å². The highest BCUT2D eigenvalue weighted by molar-refractivity contribution is 6.30. The van der Waals surface area contributed by atoms with E-state index >= 15 is 0 Å². The first-order valence-corrected chi connectivity index (χ1v) is 7.76. The second-order valence-electron chi connectivity index (χ2n) is 5.56. The lowest BCUT2D eigenvalue weighted by Crippen LogP contribution is -2.31. The van der Waals surface area contributed by atoms with Gasteiger partial charge in [-0.05, 0) is 47.4 Å². The molecule has 9 heteroatoms. The van der Waals surface area contributed by atoms with E-state index < -0.39 is 0 Å². The van der Waals surface area contributed by atoms with Crippen molar-refractivity contribution >= 4 is 11.6 Å². The van der Waals surface area contributed by atoms with E-state index in [1.807, 2.05) is 6.07 Å². The monoisotopic (exact) mass is 331 g/mol. The fourth-order valence-electron chi connectivity index (χ4n) is 2.62. The second kappa shape index (κ2) is 5.62. The molecule has 4 rings (SSSR count). The zero-order valence-electron chi connectivity index (χ0n) is 12.2. The van der Waals surface area contributed by atoms with Crippen LogP contribution in [0.2, 0.25) is 5.02 Å². The van der Waals surface area contributed by atoms with Gasteiger partial charge in [-0.2, -0.15) is 14.5 Å². The fraction of sp³-hybridized carbons (Fsp3) is 0.357. The molecule has 3 aromatic rings. The molecule has 1 aromatic carbocycles. The average Bonchev–Trinajstić information content (AvgIpc) is 3.12. The van der Waals surface area contributed by atoms with Crippen LogP contribution in [-0.4, -0.2) is 34.6 Å². The molecule has 1 fully saturated rings. The minimum atomic E-state index is -0.186. The molecule has 0 atom stereocenters. The highest BCUT2D eigenvalue weighted by atomic mass is 35.5.